The SMILES string of the molecule is CCC1(C=O)C[C@H]2CC[C@H]2C1. The molecule has 0 radical (unpaired) electrons. The first-order chi connectivity index (χ1) is 5.29. The molecule has 0 N–H and O–H groups in total. The van der Waals surface area contributed by atoms with Crippen molar-refractivity contribution >= 4 is 6.29 Å². The van der Waals surface area contributed by atoms with E-state index in [9.17, 15) is 4.79 Å². The lowest BCUT2D eigenvalue weighted by Crippen LogP contribution is -2.18. The quantitative estimate of drug-likeness (QED) is 0.555. The Morgan fingerprint density at radius 2 is 1.91 bits per heavy atom. The standard InChI is InChI=1S/C10H16O/c1-2-10(7-11)5-8-3-4-9(8)6-10/h7-9H,2-6H2,1H3/t8-,9+,10?. The average molecular weight is 152 g/mol. The number of aldehydes is 1. The van der Waals surface area contributed by atoms with E-state index in [1.165, 1.54) is 32.0 Å². The van der Waals surface area contributed by atoms with Crippen LogP contribution in [0.2, 0.25) is 0 Å². The summed E-state index contributed by atoms with van der Waals surface area (Å²) in [6, 6.07) is 0. The fraction of sp³-hybridized carbons (Fsp3) is 0.900. The van der Waals surface area contributed by atoms with Gasteiger partial charge in [-0.3, -0.25) is 0 Å². The number of carbonyl (C=O) groups is 1. The molecule has 0 bridgehead atoms. The van der Waals surface area contributed by atoms with Crippen molar-refractivity contribution in [2.24, 2.45) is 17.3 Å². The summed E-state index contributed by atoms with van der Waals surface area (Å²) in [6.07, 6.45) is 7.45. The third-order valence-electron chi connectivity index (χ3n) is 3.87. The molecule has 11 heavy (non-hydrogen) atoms. The molecule has 0 aromatic carbocycles. The van der Waals surface area contributed by atoms with Gasteiger partial charge in [-0.15, -0.1) is 0 Å². The molecule has 2 aliphatic carbocycles. The average Bonchev–Trinajstić information content (AvgIpc) is 2.27. The van der Waals surface area contributed by atoms with Gasteiger partial charge in [0, 0.05) is 5.41 Å². The van der Waals surface area contributed by atoms with E-state index in [4.69, 9.17) is 0 Å². The second-order valence-corrected chi connectivity index (χ2v) is 4.34. The minimum atomic E-state index is 0.103. The van der Waals surface area contributed by atoms with Gasteiger partial charge >= 0.3 is 0 Å². The molecule has 2 rings (SSSR count). The Balaban J connectivity index is 2.09. The molecule has 0 saturated heterocycles. The van der Waals surface area contributed by atoms with Gasteiger partial charge in [-0.2, -0.15) is 0 Å². The van der Waals surface area contributed by atoms with Crippen LogP contribution in [0.4, 0.5) is 0 Å². The molecule has 3 atom stereocenters. The Morgan fingerprint density at radius 1 is 1.36 bits per heavy atom. The van der Waals surface area contributed by atoms with Gasteiger partial charge in [-0.25, -0.2) is 0 Å². The zero-order valence-corrected chi connectivity index (χ0v) is 7.18. The van der Waals surface area contributed by atoms with E-state index in [-0.39, 0.29) is 5.41 Å². The molecule has 0 aromatic rings. The van der Waals surface area contributed by atoms with Gasteiger partial charge in [0.2, 0.25) is 0 Å². The summed E-state index contributed by atoms with van der Waals surface area (Å²) in [7, 11) is 0. The van der Waals surface area contributed by atoms with Gasteiger partial charge in [0.1, 0.15) is 6.29 Å². The van der Waals surface area contributed by atoms with Crippen LogP contribution in [0.3, 0.4) is 0 Å². The zero-order valence-electron chi connectivity index (χ0n) is 7.18. The van der Waals surface area contributed by atoms with Gasteiger partial charge < -0.3 is 4.79 Å². The third-order valence-corrected chi connectivity index (χ3v) is 3.87. The predicted octanol–water partition coefficient (Wildman–Crippen LogP) is 2.40. The van der Waals surface area contributed by atoms with Crippen LogP contribution < -0.4 is 0 Å². The van der Waals surface area contributed by atoms with E-state index in [1.807, 2.05) is 0 Å². The van der Waals surface area contributed by atoms with Crippen LogP contribution in [0.1, 0.15) is 39.0 Å². The minimum Gasteiger partial charge on any atom is -0.303 e. The van der Waals surface area contributed by atoms with Gasteiger partial charge in [0.15, 0.2) is 0 Å². The maximum Gasteiger partial charge on any atom is 0.126 e. The van der Waals surface area contributed by atoms with Crippen LogP contribution in [0.15, 0.2) is 0 Å². The van der Waals surface area contributed by atoms with Crippen LogP contribution in [0.25, 0.3) is 0 Å². The maximum absolute atomic E-state index is 10.9. The summed E-state index contributed by atoms with van der Waals surface area (Å²) in [6.45, 7) is 2.15. The van der Waals surface area contributed by atoms with Crippen LogP contribution in [0, 0.1) is 17.3 Å². The van der Waals surface area contributed by atoms with Crippen LogP contribution in [0.5, 0.6) is 0 Å². The summed E-state index contributed by atoms with van der Waals surface area (Å²) >= 11 is 0. The van der Waals surface area contributed by atoms with Crippen molar-refractivity contribution in [1.82, 2.24) is 0 Å². The largest absolute Gasteiger partial charge is 0.303 e. The van der Waals surface area contributed by atoms with Crippen molar-refractivity contribution in [3.05, 3.63) is 0 Å². The minimum absolute atomic E-state index is 0.103. The van der Waals surface area contributed by atoms with Crippen LogP contribution in [-0.2, 0) is 4.79 Å². The maximum atomic E-state index is 10.9. The van der Waals surface area contributed by atoms with E-state index in [1.54, 1.807) is 0 Å². The molecule has 2 aliphatic rings. The van der Waals surface area contributed by atoms with E-state index in [2.05, 4.69) is 6.92 Å². The zero-order chi connectivity index (χ0) is 7.90. The van der Waals surface area contributed by atoms with E-state index >= 15 is 0 Å². The van der Waals surface area contributed by atoms with E-state index in [0.717, 1.165) is 18.3 Å². The molecule has 1 unspecified atom stereocenters. The van der Waals surface area contributed by atoms with Crippen LogP contribution in [-0.4, -0.2) is 6.29 Å². The molecule has 0 amide bonds. The smallest absolute Gasteiger partial charge is 0.126 e. The number of rotatable bonds is 2. The monoisotopic (exact) mass is 152 g/mol. The Kier molecular flexibility index (Phi) is 1.55. The molecular formula is C10H16O. The highest BCUT2D eigenvalue weighted by molar-refractivity contribution is 5.60. The van der Waals surface area contributed by atoms with Crippen molar-refractivity contribution < 1.29 is 4.79 Å². The van der Waals surface area contributed by atoms with Gasteiger partial charge in [0.05, 0.1) is 0 Å². The summed E-state index contributed by atoms with van der Waals surface area (Å²) in [5, 5.41) is 0. The summed E-state index contributed by atoms with van der Waals surface area (Å²) in [4.78, 5) is 10.9. The highest BCUT2D eigenvalue weighted by Gasteiger charge is 2.47. The molecule has 2 saturated carbocycles. The second-order valence-electron chi connectivity index (χ2n) is 4.34. The summed E-state index contributed by atoms with van der Waals surface area (Å²) < 4.78 is 0. The predicted molar refractivity (Wildman–Crippen MR) is 44.2 cm³/mol. The highest BCUT2D eigenvalue weighted by atomic mass is 16.1. The highest BCUT2D eigenvalue weighted by Crippen LogP contribution is 2.55. The van der Waals surface area contributed by atoms with Crippen molar-refractivity contribution in [3.63, 3.8) is 0 Å². The lowest BCUT2D eigenvalue weighted by molar-refractivity contribution is -0.116. The lowest BCUT2D eigenvalue weighted by atomic mass is 9.77. The van der Waals surface area contributed by atoms with Crippen molar-refractivity contribution in [2.45, 2.75) is 39.0 Å². The first kappa shape index (κ1) is 7.33. The Morgan fingerprint density at radius 3 is 2.18 bits per heavy atom. The molecule has 2 fully saturated rings. The Labute approximate surface area is 68.2 Å². The Bertz CT molecular complexity index is 162. The molecular weight excluding hydrogens is 136 g/mol. The first-order valence-electron chi connectivity index (χ1n) is 4.76. The number of hydrogen-bond acceptors (Lipinski definition) is 1. The fourth-order valence-corrected chi connectivity index (χ4v) is 2.77. The first-order valence-corrected chi connectivity index (χ1v) is 4.76. The molecule has 0 aliphatic heterocycles. The molecule has 62 valence electrons. The van der Waals surface area contributed by atoms with Crippen molar-refractivity contribution in [1.29, 1.82) is 0 Å². The molecule has 1 nitrogen and oxygen atoms in total. The van der Waals surface area contributed by atoms with E-state index < -0.39 is 0 Å². The molecule has 0 heterocycles. The van der Waals surface area contributed by atoms with E-state index in [0.29, 0.717) is 0 Å². The van der Waals surface area contributed by atoms with Crippen LogP contribution >= 0.6 is 0 Å². The molecule has 0 aromatic heterocycles. The molecule has 0 spiro atoms. The summed E-state index contributed by atoms with van der Waals surface area (Å²) in [5.41, 5.74) is 0.103. The van der Waals surface area contributed by atoms with Gasteiger partial charge in [-0.1, -0.05) is 6.92 Å². The Hall–Kier alpha value is -0.330. The normalized spacial score (nSPS) is 48.1. The fourth-order valence-electron chi connectivity index (χ4n) is 2.77. The van der Waals surface area contributed by atoms with Gasteiger partial charge in [-0.05, 0) is 43.9 Å². The topological polar surface area (TPSA) is 17.1 Å². The van der Waals surface area contributed by atoms with Crippen molar-refractivity contribution in [3.8, 4) is 0 Å². The van der Waals surface area contributed by atoms with Crippen molar-refractivity contribution in [2.75, 3.05) is 0 Å². The lowest BCUT2D eigenvalue weighted by Gasteiger charge is -2.29. The second kappa shape index (κ2) is 2.33. The van der Waals surface area contributed by atoms with Gasteiger partial charge in [0.25, 0.3) is 0 Å². The number of carbonyl (C=O) groups excluding carboxylic acids is 1. The summed E-state index contributed by atoms with van der Waals surface area (Å²) in [5.74, 6) is 1.83. The number of fused-ring (bicyclic) bond motifs is 1. The number of hydrogen-bond donors (Lipinski definition) is 0. The molecule has 1 heteroatoms. The third kappa shape index (κ3) is 0.935.